The van der Waals surface area contributed by atoms with Gasteiger partial charge in [0.2, 0.25) is 0 Å². The number of ether oxygens (including phenoxy) is 1. The number of halogens is 1. The smallest absolute Gasteiger partial charge is 0.394 e. The first-order valence-corrected chi connectivity index (χ1v) is 7.30. The summed E-state index contributed by atoms with van der Waals surface area (Å²) in [5.74, 6) is 0.345. The van der Waals surface area contributed by atoms with Gasteiger partial charge < -0.3 is 9.15 Å². The summed E-state index contributed by atoms with van der Waals surface area (Å²) in [5, 5.41) is 0. The van der Waals surface area contributed by atoms with Crippen molar-refractivity contribution < 1.29 is 9.15 Å². The van der Waals surface area contributed by atoms with Gasteiger partial charge in [-0.1, -0.05) is 30.3 Å². The van der Waals surface area contributed by atoms with Crippen LogP contribution in [-0.2, 0) is 12.4 Å². The topological polar surface area (TPSA) is 38.5 Å². The van der Waals surface area contributed by atoms with Gasteiger partial charge in [-0.25, -0.2) is 0 Å². The van der Waals surface area contributed by atoms with Crippen LogP contribution in [0.3, 0.4) is 0 Å². The highest BCUT2D eigenvalue weighted by Crippen LogP contribution is 2.20. The zero-order valence-corrected chi connectivity index (χ0v) is 11.9. The number of hydrogen-bond donors (Lipinski definition) is 0. The molecule has 20 heavy (non-hydrogen) atoms. The summed E-state index contributed by atoms with van der Waals surface area (Å²) in [6.45, 7) is 2.88. The number of aromatic nitrogens is 1. The Hall–Kier alpha value is -1.52. The molecule has 0 spiro atoms. The number of rotatable bonds is 5. The second kappa shape index (κ2) is 6.29. The summed E-state index contributed by atoms with van der Waals surface area (Å²) >= 11 is 5.68. The summed E-state index contributed by atoms with van der Waals surface area (Å²) < 4.78 is 11.0. The van der Waals surface area contributed by atoms with Crippen molar-refractivity contribution >= 4 is 11.6 Å². The molecule has 1 fully saturated rings. The fourth-order valence-electron chi connectivity index (χ4n) is 2.43. The minimum Gasteiger partial charge on any atom is -0.445 e. The number of likely N-dealkylation sites (tertiary alicyclic amines) is 1. The van der Waals surface area contributed by atoms with Crippen LogP contribution in [0.4, 0.5) is 0 Å². The molecule has 0 amide bonds. The lowest BCUT2D eigenvalue weighted by Gasteiger charge is -2.15. The molecule has 1 aliphatic rings. The Bertz CT molecular complexity index is 544. The van der Waals surface area contributed by atoms with Gasteiger partial charge in [-0.3, -0.25) is 4.90 Å². The summed E-state index contributed by atoms with van der Waals surface area (Å²) in [5.41, 5.74) is 2.04. The van der Waals surface area contributed by atoms with E-state index in [4.69, 9.17) is 20.8 Å². The van der Waals surface area contributed by atoms with E-state index in [1.54, 1.807) is 6.26 Å². The third-order valence-electron chi connectivity index (χ3n) is 3.41. The molecule has 0 aliphatic carbocycles. The van der Waals surface area contributed by atoms with E-state index in [9.17, 15) is 0 Å². The summed E-state index contributed by atoms with van der Waals surface area (Å²) in [4.78, 5) is 6.54. The maximum atomic E-state index is 5.75. The van der Waals surface area contributed by atoms with E-state index in [-0.39, 0.29) is 6.10 Å². The van der Waals surface area contributed by atoms with Gasteiger partial charge in [-0.05, 0) is 12.0 Å². The van der Waals surface area contributed by atoms with Crippen LogP contribution >= 0.6 is 11.6 Å². The van der Waals surface area contributed by atoms with Crippen molar-refractivity contribution in [1.82, 2.24) is 9.88 Å². The third-order valence-corrected chi connectivity index (χ3v) is 3.69. The van der Waals surface area contributed by atoms with Crippen molar-refractivity contribution in [2.45, 2.75) is 24.9 Å². The molecule has 106 valence electrons. The highest BCUT2D eigenvalue weighted by molar-refractivity contribution is 6.16. The molecule has 0 saturated carbocycles. The fraction of sp³-hybridized carbons (Fsp3) is 0.400. The van der Waals surface area contributed by atoms with E-state index in [1.165, 1.54) is 5.56 Å². The molecule has 4 nitrogen and oxygen atoms in total. The van der Waals surface area contributed by atoms with Gasteiger partial charge in [0.1, 0.15) is 12.4 Å². The molecule has 1 aliphatic heterocycles. The van der Waals surface area contributed by atoms with Crippen molar-refractivity contribution in [1.29, 1.82) is 0 Å². The van der Waals surface area contributed by atoms with Gasteiger partial charge in [0.25, 0.3) is 0 Å². The Balaban J connectivity index is 1.52. The second-order valence-corrected chi connectivity index (χ2v) is 5.25. The molecular formula is C15H17ClN2O2. The van der Waals surface area contributed by atoms with Crippen LogP contribution in [0, 0.1) is 0 Å². The van der Waals surface area contributed by atoms with Gasteiger partial charge in [-0.2, -0.15) is 4.98 Å². The number of nitrogens with zero attached hydrogens (tertiary/aromatic N) is 2. The summed E-state index contributed by atoms with van der Waals surface area (Å²) in [7, 11) is 0. The van der Waals surface area contributed by atoms with Crippen LogP contribution in [0.1, 0.15) is 17.7 Å². The van der Waals surface area contributed by atoms with E-state index in [1.807, 2.05) is 6.07 Å². The second-order valence-electron chi connectivity index (χ2n) is 4.99. The summed E-state index contributed by atoms with van der Waals surface area (Å²) in [6.07, 6.45) is 3.00. The lowest BCUT2D eigenvalue weighted by molar-refractivity contribution is 0.148. The molecule has 1 aromatic heterocycles. The molecular weight excluding hydrogens is 276 g/mol. The predicted molar refractivity (Wildman–Crippen MR) is 76.8 cm³/mol. The Kier molecular flexibility index (Phi) is 4.23. The van der Waals surface area contributed by atoms with Crippen molar-refractivity contribution in [3.8, 4) is 6.08 Å². The number of oxazole rings is 1. The number of hydrogen-bond acceptors (Lipinski definition) is 4. The van der Waals surface area contributed by atoms with E-state index in [0.29, 0.717) is 17.7 Å². The monoisotopic (exact) mass is 292 g/mol. The largest absolute Gasteiger partial charge is 0.445 e. The number of alkyl halides is 1. The van der Waals surface area contributed by atoms with Crippen LogP contribution in [0.5, 0.6) is 6.08 Å². The zero-order valence-electron chi connectivity index (χ0n) is 11.2. The van der Waals surface area contributed by atoms with Crippen LogP contribution in [0.25, 0.3) is 0 Å². The molecule has 2 heterocycles. The first kappa shape index (κ1) is 13.5. The molecule has 2 aromatic rings. The average Bonchev–Trinajstić information content (AvgIpc) is 3.10. The van der Waals surface area contributed by atoms with Gasteiger partial charge in [0, 0.05) is 19.6 Å². The van der Waals surface area contributed by atoms with Crippen LogP contribution in [0.2, 0.25) is 0 Å². The highest BCUT2D eigenvalue weighted by Gasteiger charge is 2.25. The van der Waals surface area contributed by atoms with Crippen molar-refractivity contribution in [3.63, 3.8) is 0 Å². The van der Waals surface area contributed by atoms with E-state index in [2.05, 4.69) is 34.1 Å². The first-order chi connectivity index (χ1) is 9.83. The van der Waals surface area contributed by atoms with Gasteiger partial charge in [0.15, 0.2) is 0 Å². The Morgan fingerprint density at radius 2 is 2.20 bits per heavy atom. The molecule has 0 radical (unpaired) electrons. The van der Waals surface area contributed by atoms with Gasteiger partial charge in [-0.15, -0.1) is 11.6 Å². The minimum atomic E-state index is 0.139. The normalized spacial score (nSPS) is 19.4. The Labute approximate surface area is 123 Å². The lowest BCUT2D eigenvalue weighted by Crippen LogP contribution is -2.24. The maximum absolute atomic E-state index is 5.75. The van der Waals surface area contributed by atoms with Crippen LogP contribution < -0.4 is 4.74 Å². The van der Waals surface area contributed by atoms with Crippen LogP contribution in [0.15, 0.2) is 41.0 Å². The molecule has 0 bridgehead atoms. The maximum Gasteiger partial charge on any atom is 0.394 e. The van der Waals surface area contributed by atoms with Crippen molar-refractivity contribution in [3.05, 3.63) is 47.9 Å². The van der Waals surface area contributed by atoms with E-state index < -0.39 is 0 Å². The first-order valence-electron chi connectivity index (χ1n) is 6.77. The minimum absolute atomic E-state index is 0.139. The van der Waals surface area contributed by atoms with Gasteiger partial charge >= 0.3 is 6.08 Å². The standard InChI is InChI=1S/C15H17ClN2O2/c16-8-13-11-19-15(17-13)20-14-6-7-18(10-14)9-12-4-2-1-3-5-12/h1-5,11,14H,6-10H2. The Morgan fingerprint density at radius 1 is 1.35 bits per heavy atom. The van der Waals surface area contributed by atoms with Crippen LogP contribution in [-0.4, -0.2) is 29.1 Å². The molecule has 3 rings (SSSR count). The number of benzene rings is 1. The SMILES string of the molecule is ClCc1coc(OC2CCN(Cc3ccccc3)C2)n1. The molecule has 1 atom stereocenters. The summed E-state index contributed by atoms with van der Waals surface area (Å²) in [6, 6.07) is 10.5. The Morgan fingerprint density at radius 3 is 2.95 bits per heavy atom. The van der Waals surface area contributed by atoms with E-state index >= 15 is 0 Å². The average molecular weight is 293 g/mol. The molecule has 1 saturated heterocycles. The predicted octanol–water partition coefficient (Wildman–Crippen LogP) is 3.07. The van der Waals surface area contributed by atoms with Crippen molar-refractivity contribution in [2.24, 2.45) is 0 Å². The fourth-order valence-corrected chi connectivity index (χ4v) is 2.55. The molecule has 0 N–H and O–H groups in total. The quantitative estimate of drug-likeness (QED) is 0.794. The zero-order chi connectivity index (χ0) is 13.8. The third kappa shape index (κ3) is 3.32. The molecule has 1 unspecified atom stereocenters. The molecule has 5 heteroatoms. The highest BCUT2D eigenvalue weighted by atomic mass is 35.5. The molecule has 1 aromatic carbocycles. The lowest BCUT2D eigenvalue weighted by atomic mass is 10.2. The van der Waals surface area contributed by atoms with Gasteiger partial charge in [0.05, 0.1) is 11.6 Å². The van der Waals surface area contributed by atoms with Crippen molar-refractivity contribution in [2.75, 3.05) is 13.1 Å². The van der Waals surface area contributed by atoms with E-state index in [0.717, 1.165) is 26.1 Å².